The first-order chi connectivity index (χ1) is 10.1. The van der Waals surface area contributed by atoms with Gasteiger partial charge in [0.25, 0.3) is 0 Å². The molecule has 0 bridgehead atoms. The maximum atomic E-state index is 11.5. The van der Waals surface area contributed by atoms with Gasteiger partial charge in [0.1, 0.15) is 12.4 Å². The predicted molar refractivity (Wildman–Crippen MR) is 79.4 cm³/mol. The molecule has 0 aromatic heterocycles. The summed E-state index contributed by atoms with van der Waals surface area (Å²) in [5.74, 6) is 0.0822. The molecule has 116 valence electrons. The molecule has 6 heteroatoms. The van der Waals surface area contributed by atoms with Crippen LogP contribution in [-0.2, 0) is 4.79 Å². The topological polar surface area (TPSA) is 87.7 Å². The molecule has 1 aromatic rings. The van der Waals surface area contributed by atoms with Gasteiger partial charge in [0, 0.05) is 13.0 Å². The van der Waals surface area contributed by atoms with Crippen LogP contribution in [0.25, 0.3) is 0 Å². The third-order valence-corrected chi connectivity index (χ3v) is 2.86. The Labute approximate surface area is 124 Å². The molecule has 1 atom stereocenters. The van der Waals surface area contributed by atoms with Crippen LogP contribution in [0.1, 0.15) is 19.8 Å². The third-order valence-electron chi connectivity index (χ3n) is 2.86. The van der Waals surface area contributed by atoms with Gasteiger partial charge in [-0.05, 0) is 24.5 Å². The molecule has 0 heterocycles. The van der Waals surface area contributed by atoms with E-state index >= 15 is 0 Å². The van der Waals surface area contributed by atoms with Crippen LogP contribution in [0.5, 0.6) is 5.75 Å². The highest BCUT2D eigenvalue weighted by atomic mass is 16.5. The van der Waals surface area contributed by atoms with E-state index in [4.69, 9.17) is 9.84 Å². The van der Waals surface area contributed by atoms with Gasteiger partial charge in [-0.25, -0.2) is 4.79 Å². The van der Waals surface area contributed by atoms with Crippen molar-refractivity contribution in [2.24, 2.45) is 5.92 Å². The van der Waals surface area contributed by atoms with Crippen LogP contribution >= 0.6 is 0 Å². The number of carbonyl (C=O) groups excluding carboxylic acids is 1. The van der Waals surface area contributed by atoms with E-state index in [1.807, 2.05) is 37.3 Å². The molecule has 1 unspecified atom stereocenters. The standard InChI is InChI=1S/C15H22N2O4/c1-12(7-8-14(18)19)11-17-15(20)16-9-10-21-13-5-3-2-4-6-13/h2-6,12H,7-11H2,1H3,(H,18,19)(H2,16,17,20). The molecular weight excluding hydrogens is 272 g/mol. The van der Waals surface area contributed by atoms with Gasteiger partial charge >= 0.3 is 12.0 Å². The largest absolute Gasteiger partial charge is 0.492 e. The van der Waals surface area contributed by atoms with Gasteiger partial charge in [-0.3, -0.25) is 4.79 Å². The monoisotopic (exact) mass is 294 g/mol. The summed E-state index contributed by atoms with van der Waals surface area (Å²) >= 11 is 0. The molecule has 0 saturated carbocycles. The number of nitrogens with one attached hydrogen (secondary N) is 2. The maximum absolute atomic E-state index is 11.5. The summed E-state index contributed by atoms with van der Waals surface area (Å²) in [6.07, 6.45) is 0.669. The van der Waals surface area contributed by atoms with E-state index in [0.717, 1.165) is 5.75 Å². The lowest BCUT2D eigenvalue weighted by atomic mass is 10.1. The summed E-state index contributed by atoms with van der Waals surface area (Å²) in [7, 11) is 0. The quantitative estimate of drug-likeness (QED) is 0.607. The van der Waals surface area contributed by atoms with Crippen LogP contribution in [0, 0.1) is 5.92 Å². The molecule has 1 aromatic carbocycles. The molecule has 3 N–H and O–H groups in total. The fraction of sp³-hybridized carbons (Fsp3) is 0.467. The van der Waals surface area contributed by atoms with Gasteiger partial charge in [0.05, 0.1) is 6.54 Å². The SMILES string of the molecule is CC(CCC(=O)O)CNC(=O)NCCOc1ccccc1. The zero-order valence-corrected chi connectivity index (χ0v) is 12.2. The summed E-state index contributed by atoms with van der Waals surface area (Å²) in [6.45, 7) is 3.16. The zero-order chi connectivity index (χ0) is 15.5. The molecule has 0 aliphatic rings. The second-order valence-corrected chi connectivity index (χ2v) is 4.84. The Bertz CT molecular complexity index is 437. The highest BCUT2D eigenvalue weighted by Gasteiger charge is 2.07. The van der Waals surface area contributed by atoms with E-state index < -0.39 is 5.97 Å². The number of hydrogen-bond acceptors (Lipinski definition) is 3. The molecule has 0 fully saturated rings. The van der Waals surface area contributed by atoms with Gasteiger partial charge in [-0.15, -0.1) is 0 Å². The maximum Gasteiger partial charge on any atom is 0.314 e. The van der Waals surface area contributed by atoms with Crippen LogP contribution in [-0.4, -0.2) is 36.8 Å². The number of carboxylic acid groups (broad SMARTS) is 1. The fourth-order valence-electron chi connectivity index (χ4n) is 1.65. The average Bonchev–Trinajstić information content (AvgIpc) is 2.48. The molecule has 1 rings (SSSR count). The Hall–Kier alpha value is -2.24. The van der Waals surface area contributed by atoms with Crippen molar-refractivity contribution in [3.05, 3.63) is 30.3 Å². The van der Waals surface area contributed by atoms with Crippen LogP contribution in [0.15, 0.2) is 30.3 Å². The lowest BCUT2D eigenvalue weighted by Gasteiger charge is -2.12. The van der Waals surface area contributed by atoms with Gasteiger partial charge in [-0.2, -0.15) is 0 Å². The van der Waals surface area contributed by atoms with Crippen LogP contribution in [0.2, 0.25) is 0 Å². The first kappa shape index (κ1) is 16.8. The van der Waals surface area contributed by atoms with Gasteiger partial charge in [-0.1, -0.05) is 25.1 Å². The van der Waals surface area contributed by atoms with Crippen molar-refractivity contribution in [2.45, 2.75) is 19.8 Å². The second-order valence-electron chi connectivity index (χ2n) is 4.84. The number of ether oxygens (including phenoxy) is 1. The van der Waals surface area contributed by atoms with Gasteiger partial charge < -0.3 is 20.5 Å². The molecule has 0 spiro atoms. The Kier molecular flexibility index (Phi) is 7.71. The summed E-state index contributed by atoms with van der Waals surface area (Å²) in [5.41, 5.74) is 0. The second kappa shape index (κ2) is 9.63. The summed E-state index contributed by atoms with van der Waals surface area (Å²) in [5, 5.41) is 14.0. The number of rotatable bonds is 9. The van der Waals surface area contributed by atoms with Crippen molar-refractivity contribution in [3.63, 3.8) is 0 Å². The number of urea groups is 1. The van der Waals surface area contributed by atoms with E-state index in [9.17, 15) is 9.59 Å². The number of amides is 2. The van der Waals surface area contributed by atoms with Crippen LogP contribution < -0.4 is 15.4 Å². The fourth-order valence-corrected chi connectivity index (χ4v) is 1.65. The van der Waals surface area contributed by atoms with Crippen LogP contribution in [0.3, 0.4) is 0 Å². The van der Waals surface area contributed by atoms with Gasteiger partial charge in [0.2, 0.25) is 0 Å². The molecule has 2 amide bonds. The smallest absolute Gasteiger partial charge is 0.314 e. The number of hydrogen-bond donors (Lipinski definition) is 3. The van der Waals surface area contributed by atoms with E-state index in [2.05, 4.69) is 10.6 Å². The minimum Gasteiger partial charge on any atom is -0.492 e. The lowest BCUT2D eigenvalue weighted by molar-refractivity contribution is -0.137. The van der Waals surface area contributed by atoms with Crippen molar-refractivity contribution in [2.75, 3.05) is 19.7 Å². The van der Waals surface area contributed by atoms with Crippen molar-refractivity contribution in [3.8, 4) is 5.75 Å². The van der Waals surface area contributed by atoms with E-state index in [1.54, 1.807) is 0 Å². The van der Waals surface area contributed by atoms with E-state index in [0.29, 0.717) is 26.1 Å². The Morgan fingerprint density at radius 1 is 1.24 bits per heavy atom. The molecule has 0 saturated heterocycles. The minimum absolute atomic E-state index is 0.120. The van der Waals surface area contributed by atoms with Crippen molar-refractivity contribution in [1.82, 2.24) is 10.6 Å². The number of carbonyl (C=O) groups is 2. The first-order valence-electron chi connectivity index (χ1n) is 6.99. The molecular formula is C15H22N2O4. The van der Waals surface area contributed by atoms with Gasteiger partial charge in [0.15, 0.2) is 0 Å². The number of benzene rings is 1. The molecule has 21 heavy (non-hydrogen) atoms. The lowest BCUT2D eigenvalue weighted by Crippen LogP contribution is -2.39. The van der Waals surface area contributed by atoms with Crippen molar-refractivity contribution < 1.29 is 19.4 Å². The number of aliphatic carboxylic acids is 1. The van der Waals surface area contributed by atoms with E-state index in [1.165, 1.54) is 0 Å². The molecule has 0 radical (unpaired) electrons. The minimum atomic E-state index is -0.815. The number of para-hydroxylation sites is 1. The molecule has 6 nitrogen and oxygen atoms in total. The summed E-state index contributed by atoms with van der Waals surface area (Å²) in [6, 6.07) is 9.11. The third kappa shape index (κ3) is 8.52. The van der Waals surface area contributed by atoms with Crippen molar-refractivity contribution in [1.29, 1.82) is 0 Å². The molecule has 0 aliphatic heterocycles. The average molecular weight is 294 g/mol. The normalized spacial score (nSPS) is 11.5. The number of carboxylic acids is 1. The van der Waals surface area contributed by atoms with Crippen molar-refractivity contribution >= 4 is 12.0 Å². The zero-order valence-electron chi connectivity index (χ0n) is 12.2. The summed E-state index contributed by atoms with van der Waals surface area (Å²) < 4.78 is 5.44. The highest BCUT2D eigenvalue weighted by Crippen LogP contribution is 2.07. The van der Waals surface area contributed by atoms with Crippen LogP contribution in [0.4, 0.5) is 4.79 Å². The predicted octanol–water partition coefficient (Wildman–Crippen LogP) is 1.87. The molecule has 0 aliphatic carbocycles. The summed E-state index contributed by atoms with van der Waals surface area (Å²) in [4.78, 5) is 21.9. The van der Waals surface area contributed by atoms with E-state index in [-0.39, 0.29) is 18.4 Å². The Morgan fingerprint density at radius 2 is 1.95 bits per heavy atom. The Balaban J connectivity index is 2.04. The highest BCUT2D eigenvalue weighted by molar-refractivity contribution is 5.73. The Morgan fingerprint density at radius 3 is 2.62 bits per heavy atom. The first-order valence-corrected chi connectivity index (χ1v) is 6.99.